The molecule has 0 radical (unpaired) electrons. The summed E-state index contributed by atoms with van der Waals surface area (Å²) >= 11 is 5.96. The Balaban J connectivity index is 1.44. The quantitative estimate of drug-likeness (QED) is 0.263. The summed E-state index contributed by atoms with van der Waals surface area (Å²) in [6.07, 6.45) is 0.0612. The maximum absolute atomic E-state index is 12.6. The molecule has 0 saturated carbocycles. The lowest BCUT2D eigenvalue weighted by atomic mass is 9.96. The van der Waals surface area contributed by atoms with E-state index in [0.29, 0.717) is 29.1 Å². The first kappa shape index (κ1) is 25.7. The highest BCUT2D eigenvalue weighted by atomic mass is 35.5. The van der Waals surface area contributed by atoms with Crippen LogP contribution in [0, 0.1) is 0 Å². The molecule has 1 aliphatic rings. The third kappa shape index (κ3) is 5.47. The Kier molecular flexibility index (Phi) is 7.02. The lowest BCUT2D eigenvalue weighted by Crippen LogP contribution is -2.17. The number of aromatic nitrogens is 4. The van der Waals surface area contributed by atoms with Crippen molar-refractivity contribution in [3.8, 4) is 17.2 Å². The van der Waals surface area contributed by atoms with Crippen LogP contribution in [0.3, 0.4) is 0 Å². The van der Waals surface area contributed by atoms with Gasteiger partial charge < -0.3 is 24.7 Å². The van der Waals surface area contributed by atoms with Gasteiger partial charge in [-0.05, 0) is 49.6 Å². The molecule has 2 aromatic heterocycles. The van der Waals surface area contributed by atoms with Crippen LogP contribution in [-0.2, 0) is 6.42 Å². The number of imidazole rings is 1. The molecule has 0 aliphatic heterocycles. The van der Waals surface area contributed by atoms with Crippen LogP contribution < -0.4 is 20.1 Å². The highest BCUT2D eigenvalue weighted by molar-refractivity contribution is 6.29. The molecule has 0 amide bonds. The fourth-order valence-electron chi connectivity index (χ4n) is 4.59. The molecule has 0 unspecified atom stereocenters. The number of fused-ring (bicyclic) bond motifs is 1. The summed E-state index contributed by atoms with van der Waals surface area (Å²) < 4.78 is 49.0. The molecule has 2 aromatic carbocycles. The Morgan fingerprint density at radius 2 is 1.92 bits per heavy atom. The number of hydrogen-bond donors (Lipinski definition) is 2. The molecule has 12 heteroatoms. The Morgan fingerprint density at radius 1 is 1.13 bits per heavy atom. The molecule has 5 rings (SSSR count). The molecule has 0 spiro atoms. The molecule has 198 valence electrons. The normalized spacial score (nSPS) is 14.7. The minimum atomic E-state index is -4.73. The van der Waals surface area contributed by atoms with Crippen molar-refractivity contribution in [1.29, 1.82) is 0 Å². The molecule has 4 aromatic rings. The second-order valence-electron chi connectivity index (χ2n) is 8.61. The minimum absolute atomic E-state index is 0.0891. The van der Waals surface area contributed by atoms with Crippen molar-refractivity contribution in [2.45, 2.75) is 32.0 Å². The molecule has 1 aliphatic carbocycles. The molecule has 2 N–H and O–H groups in total. The SMILES string of the molecule is CCNc1nc(Nc2ccc(-n3cnc(Cl)c3)c(OC)c2)nc2c1CC[C@@H]2c1ccc(OC(F)(F)F)cc1. The number of nitrogens with one attached hydrogen (secondary N) is 2. The first-order chi connectivity index (χ1) is 18.2. The summed E-state index contributed by atoms with van der Waals surface area (Å²) in [7, 11) is 1.58. The Hall–Kier alpha value is -3.99. The summed E-state index contributed by atoms with van der Waals surface area (Å²) in [5.41, 5.74) is 4.17. The van der Waals surface area contributed by atoms with E-state index in [1.54, 1.807) is 36.3 Å². The van der Waals surface area contributed by atoms with Crippen LogP contribution in [-0.4, -0.2) is 39.5 Å². The third-order valence-electron chi connectivity index (χ3n) is 6.18. The van der Waals surface area contributed by atoms with E-state index >= 15 is 0 Å². The first-order valence-electron chi connectivity index (χ1n) is 11.9. The average molecular weight is 545 g/mol. The van der Waals surface area contributed by atoms with E-state index in [9.17, 15) is 13.2 Å². The molecule has 8 nitrogen and oxygen atoms in total. The number of halogens is 4. The summed E-state index contributed by atoms with van der Waals surface area (Å²) in [5, 5.41) is 6.94. The minimum Gasteiger partial charge on any atom is -0.494 e. The summed E-state index contributed by atoms with van der Waals surface area (Å²) in [6.45, 7) is 2.66. The van der Waals surface area contributed by atoms with Gasteiger partial charge in [0, 0.05) is 36.0 Å². The van der Waals surface area contributed by atoms with Crippen molar-refractivity contribution >= 4 is 29.1 Å². The van der Waals surface area contributed by atoms with E-state index in [0.717, 1.165) is 41.2 Å². The second kappa shape index (κ2) is 10.4. The lowest BCUT2D eigenvalue weighted by molar-refractivity contribution is -0.274. The Labute approximate surface area is 221 Å². The highest BCUT2D eigenvalue weighted by Gasteiger charge is 2.32. The van der Waals surface area contributed by atoms with Crippen LogP contribution in [0.25, 0.3) is 5.69 Å². The monoisotopic (exact) mass is 544 g/mol. The average Bonchev–Trinajstić information content (AvgIpc) is 3.50. The van der Waals surface area contributed by atoms with E-state index in [2.05, 4.69) is 20.4 Å². The predicted octanol–water partition coefficient (Wildman–Crippen LogP) is 6.48. The van der Waals surface area contributed by atoms with E-state index in [1.165, 1.54) is 12.1 Å². The summed E-state index contributed by atoms with van der Waals surface area (Å²) in [5.74, 6) is 1.37. The number of benzene rings is 2. The van der Waals surface area contributed by atoms with Gasteiger partial charge in [0.25, 0.3) is 0 Å². The van der Waals surface area contributed by atoms with Gasteiger partial charge in [0.05, 0.1) is 18.5 Å². The van der Waals surface area contributed by atoms with Crippen LogP contribution in [0.15, 0.2) is 55.0 Å². The van der Waals surface area contributed by atoms with Gasteiger partial charge in [0.2, 0.25) is 5.95 Å². The van der Waals surface area contributed by atoms with Gasteiger partial charge in [-0.2, -0.15) is 4.98 Å². The third-order valence-corrected chi connectivity index (χ3v) is 6.37. The summed E-state index contributed by atoms with van der Waals surface area (Å²) in [4.78, 5) is 13.6. The van der Waals surface area contributed by atoms with E-state index < -0.39 is 6.36 Å². The number of rotatable bonds is 8. The van der Waals surface area contributed by atoms with E-state index in [-0.39, 0.29) is 11.7 Å². The lowest BCUT2D eigenvalue weighted by Gasteiger charge is -2.17. The second-order valence-corrected chi connectivity index (χ2v) is 9.00. The van der Waals surface area contributed by atoms with E-state index in [4.69, 9.17) is 26.3 Å². The van der Waals surface area contributed by atoms with Gasteiger partial charge in [-0.25, -0.2) is 9.97 Å². The van der Waals surface area contributed by atoms with Crippen LogP contribution in [0.4, 0.5) is 30.6 Å². The number of nitrogens with zero attached hydrogens (tertiary/aromatic N) is 4. The van der Waals surface area contributed by atoms with Gasteiger partial charge in [-0.3, -0.25) is 0 Å². The van der Waals surface area contributed by atoms with Crippen molar-refractivity contribution in [1.82, 2.24) is 19.5 Å². The van der Waals surface area contributed by atoms with Crippen molar-refractivity contribution in [2.75, 3.05) is 24.3 Å². The highest BCUT2D eigenvalue weighted by Crippen LogP contribution is 2.41. The van der Waals surface area contributed by atoms with E-state index in [1.807, 2.05) is 25.1 Å². The standard InChI is InChI=1S/C26H24ClF3N6O2/c1-3-31-24-19-10-9-18(15-4-7-17(8-5-15)38-26(28,29)30)23(19)34-25(35-24)33-16-6-11-20(21(12-16)37-2)36-13-22(27)32-14-36/h4-8,11-14,18H,3,9-10H2,1-2H3,(H2,31,33,34,35)/t18-/m1/s1. The Morgan fingerprint density at radius 3 is 2.58 bits per heavy atom. The van der Waals surface area contributed by atoms with Gasteiger partial charge in [-0.1, -0.05) is 23.7 Å². The molecule has 0 saturated heterocycles. The van der Waals surface area contributed by atoms with Crippen LogP contribution in [0.5, 0.6) is 11.5 Å². The topological polar surface area (TPSA) is 86.1 Å². The van der Waals surface area contributed by atoms with Crippen LogP contribution >= 0.6 is 11.6 Å². The van der Waals surface area contributed by atoms with Crippen molar-refractivity contribution in [3.63, 3.8) is 0 Å². The van der Waals surface area contributed by atoms with Crippen LogP contribution in [0.1, 0.15) is 36.1 Å². The smallest absolute Gasteiger partial charge is 0.494 e. The fourth-order valence-corrected chi connectivity index (χ4v) is 4.73. The number of methoxy groups -OCH3 is 1. The van der Waals surface area contributed by atoms with Gasteiger partial charge in [-0.15, -0.1) is 13.2 Å². The molecule has 2 heterocycles. The summed E-state index contributed by atoms with van der Waals surface area (Å²) in [6, 6.07) is 11.5. The number of anilines is 3. The van der Waals surface area contributed by atoms with Gasteiger partial charge >= 0.3 is 6.36 Å². The Bertz CT molecular complexity index is 1440. The molecule has 1 atom stereocenters. The number of ether oxygens (including phenoxy) is 2. The zero-order valence-electron chi connectivity index (χ0n) is 20.5. The number of alkyl halides is 3. The number of hydrogen-bond acceptors (Lipinski definition) is 7. The van der Waals surface area contributed by atoms with Gasteiger partial charge in [0.15, 0.2) is 0 Å². The maximum atomic E-state index is 12.6. The molecule has 0 fully saturated rings. The molecular formula is C26H24ClF3N6O2. The van der Waals surface area contributed by atoms with Crippen molar-refractivity contribution < 1.29 is 22.6 Å². The van der Waals surface area contributed by atoms with Crippen molar-refractivity contribution in [3.05, 3.63) is 77.0 Å². The van der Waals surface area contributed by atoms with Crippen LogP contribution in [0.2, 0.25) is 5.15 Å². The van der Waals surface area contributed by atoms with Gasteiger partial charge in [0.1, 0.15) is 28.8 Å². The molecule has 0 bridgehead atoms. The first-order valence-corrected chi connectivity index (χ1v) is 12.3. The zero-order chi connectivity index (χ0) is 26.9. The van der Waals surface area contributed by atoms with Crippen molar-refractivity contribution in [2.24, 2.45) is 0 Å². The molecular weight excluding hydrogens is 521 g/mol. The fraction of sp³-hybridized carbons (Fsp3) is 0.269. The maximum Gasteiger partial charge on any atom is 0.573 e. The largest absolute Gasteiger partial charge is 0.573 e. The zero-order valence-corrected chi connectivity index (χ0v) is 21.3. The molecule has 38 heavy (non-hydrogen) atoms. The predicted molar refractivity (Wildman–Crippen MR) is 138 cm³/mol.